The lowest BCUT2D eigenvalue weighted by molar-refractivity contribution is -0.759. The van der Waals surface area contributed by atoms with Gasteiger partial charge in [-0.3, -0.25) is 4.79 Å². The second-order valence-electron chi connectivity index (χ2n) is 3.75. The summed E-state index contributed by atoms with van der Waals surface area (Å²) in [6.45, 7) is 2.88. The average Bonchev–Trinajstić information content (AvgIpc) is 2.65. The van der Waals surface area contributed by atoms with Crippen LogP contribution in [-0.2, 0) is 9.53 Å². The number of aromatic nitrogens is 2. The van der Waals surface area contributed by atoms with Gasteiger partial charge >= 0.3 is 5.97 Å². The summed E-state index contributed by atoms with van der Waals surface area (Å²) in [6, 6.07) is 0. The Bertz CT molecular complexity index is 371. The van der Waals surface area contributed by atoms with Crippen molar-refractivity contribution in [3.05, 3.63) is 11.9 Å². The lowest BCUT2D eigenvalue weighted by Gasteiger charge is -2.25. The molecule has 0 aromatic carbocycles. The maximum absolute atomic E-state index is 10.8. The molecule has 2 rings (SSSR count). The van der Waals surface area contributed by atoms with Crippen molar-refractivity contribution in [3.63, 3.8) is 0 Å². The van der Waals surface area contributed by atoms with Crippen molar-refractivity contribution in [1.29, 1.82) is 0 Å². The third-order valence-electron chi connectivity index (χ3n) is 2.50. The first-order valence-corrected chi connectivity index (χ1v) is 5.18. The van der Waals surface area contributed by atoms with Gasteiger partial charge in [0.05, 0.1) is 17.9 Å². The molecule has 0 atom stereocenters. The molecule has 1 aromatic heterocycles. The maximum Gasteiger partial charge on any atom is 0.302 e. The molecular weight excluding hydrogens is 212 g/mol. The number of hydrogen-bond acceptors (Lipinski definition) is 5. The van der Waals surface area contributed by atoms with Gasteiger partial charge in [-0.2, -0.15) is 5.01 Å². The van der Waals surface area contributed by atoms with Crippen LogP contribution >= 0.6 is 0 Å². The summed E-state index contributed by atoms with van der Waals surface area (Å²) in [5.41, 5.74) is 7.22. The zero-order chi connectivity index (χ0) is 11.5. The van der Waals surface area contributed by atoms with Gasteiger partial charge in [-0.1, -0.05) is 0 Å². The van der Waals surface area contributed by atoms with E-state index in [2.05, 4.69) is 9.79 Å². The summed E-state index contributed by atoms with van der Waals surface area (Å²) in [5, 5.41) is 5.64. The number of rotatable bonds is 2. The van der Waals surface area contributed by atoms with Crippen molar-refractivity contribution in [3.8, 4) is 0 Å². The third kappa shape index (κ3) is 2.41. The Morgan fingerprint density at radius 2 is 2.38 bits per heavy atom. The Kier molecular flexibility index (Phi) is 2.93. The highest BCUT2D eigenvalue weighted by Gasteiger charge is 2.27. The minimum Gasteiger partial charge on any atom is -0.660 e. The number of hydrogen-bond donors (Lipinski definition) is 0. The van der Waals surface area contributed by atoms with Crippen molar-refractivity contribution >= 4 is 11.9 Å². The van der Waals surface area contributed by atoms with Gasteiger partial charge in [-0.25, -0.2) is 0 Å². The first-order valence-electron chi connectivity index (χ1n) is 5.18. The number of piperidine rings is 1. The van der Waals surface area contributed by atoms with E-state index in [1.807, 2.05) is 5.01 Å². The Balaban J connectivity index is 1.87. The summed E-state index contributed by atoms with van der Waals surface area (Å²) < 4.78 is 9.79. The van der Waals surface area contributed by atoms with E-state index in [9.17, 15) is 4.79 Å². The van der Waals surface area contributed by atoms with E-state index < -0.39 is 0 Å². The summed E-state index contributed by atoms with van der Waals surface area (Å²) in [6.07, 6.45) is 3.04. The van der Waals surface area contributed by atoms with E-state index in [0.29, 0.717) is 0 Å². The number of carbonyl (C=O) groups excluding carboxylic acids is 1. The first-order chi connectivity index (χ1) is 7.65. The van der Waals surface area contributed by atoms with Gasteiger partial charge in [0.1, 0.15) is 12.0 Å². The van der Waals surface area contributed by atoms with Crippen LogP contribution in [0, 0.1) is 0 Å². The zero-order valence-electron chi connectivity index (χ0n) is 9.05. The SMILES string of the molecule is CC(=O)OC1CCN([n+]2cc([NH-])on2)CC1. The molecule has 0 unspecified atom stereocenters. The molecular formula is C9H14N4O3. The molecule has 88 valence electrons. The topological polar surface area (TPSA) is 83.2 Å². The van der Waals surface area contributed by atoms with Crippen LogP contribution in [0.25, 0.3) is 5.73 Å². The fourth-order valence-corrected chi connectivity index (χ4v) is 1.77. The second kappa shape index (κ2) is 4.38. The minimum absolute atomic E-state index is 0.00303. The lowest BCUT2D eigenvalue weighted by Crippen LogP contribution is -2.62. The van der Waals surface area contributed by atoms with Crippen molar-refractivity contribution in [2.75, 3.05) is 18.1 Å². The fourth-order valence-electron chi connectivity index (χ4n) is 1.77. The van der Waals surface area contributed by atoms with Gasteiger partial charge < -0.3 is 15.0 Å². The highest BCUT2D eigenvalue weighted by atomic mass is 16.5. The first kappa shape index (κ1) is 10.7. The summed E-state index contributed by atoms with van der Waals surface area (Å²) >= 11 is 0. The molecule has 0 saturated carbocycles. The quantitative estimate of drug-likeness (QED) is 0.535. The van der Waals surface area contributed by atoms with Gasteiger partial charge in [0.25, 0.3) is 6.20 Å². The van der Waals surface area contributed by atoms with Gasteiger partial charge in [-0.05, 0) is 0 Å². The monoisotopic (exact) mass is 226 g/mol. The molecule has 16 heavy (non-hydrogen) atoms. The Morgan fingerprint density at radius 3 is 2.88 bits per heavy atom. The van der Waals surface area contributed by atoms with Gasteiger partial charge in [-0.15, -0.1) is 0 Å². The number of esters is 1. The van der Waals surface area contributed by atoms with E-state index in [1.54, 1.807) is 0 Å². The molecule has 1 aromatic rings. The number of nitrogens with one attached hydrogen (secondary N) is 1. The van der Waals surface area contributed by atoms with Crippen molar-refractivity contribution in [1.82, 2.24) is 5.27 Å². The molecule has 0 radical (unpaired) electrons. The molecule has 1 aliphatic heterocycles. The molecule has 0 aliphatic carbocycles. The fraction of sp³-hybridized carbons (Fsp3) is 0.667. The average molecular weight is 226 g/mol. The molecule has 0 bridgehead atoms. The Morgan fingerprint density at radius 1 is 1.69 bits per heavy atom. The summed E-state index contributed by atoms with van der Waals surface area (Å²) in [7, 11) is 0. The van der Waals surface area contributed by atoms with Crippen LogP contribution in [0.1, 0.15) is 19.8 Å². The smallest absolute Gasteiger partial charge is 0.302 e. The van der Waals surface area contributed by atoms with Crippen molar-refractivity contribution in [2.24, 2.45) is 0 Å². The molecule has 0 amide bonds. The largest absolute Gasteiger partial charge is 0.660 e. The normalized spacial score (nSPS) is 17.4. The van der Waals surface area contributed by atoms with E-state index in [4.69, 9.17) is 10.5 Å². The second-order valence-corrected chi connectivity index (χ2v) is 3.75. The van der Waals surface area contributed by atoms with E-state index >= 15 is 0 Å². The molecule has 2 heterocycles. The summed E-state index contributed by atoms with van der Waals surface area (Å²) in [5.74, 6) is -0.205. The van der Waals surface area contributed by atoms with E-state index in [-0.39, 0.29) is 18.0 Å². The van der Waals surface area contributed by atoms with Crippen LogP contribution in [0.3, 0.4) is 0 Å². The predicted octanol–water partition coefficient (Wildman–Crippen LogP) is 0.309. The van der Waals surface area contributed by atoms with Crippen LogP contribution in [0.5, 0.6) is 0 Å². The van der Waals surface area contributed by atoms with Gasteiger partial charge in [0, 0.05) is 19.8 Å². The minimum atomic E-state index is -0.235. The van der Waals surface area contributed by atoms with Crippen LogP contribution in [0.4, 0.5) is 5.88 Å². The molecule has 1 aliphatic rings. The van der Waals surface area contributed by atoms with Crippen molar-refractivity contribution in [2.45, 2.75) is 25.9 Å². The molecule has 7 heteroatoms. The Hall–Kier alpha value is -1.79. The predicted molar refractivity (Wildman–Crippen MR) is 53.4 cm³/mol. The van der Waals surface area contributed by atoms with Crippen LogP contribution < -0.4 is 9.80 Å². The van der Waals surface area contributed by atoms with Crippen LogP contribution in [-0.4, -0.2) is 30.4 Å². The van der Waals surface area contributed by atoms with E-state index in [0.717, 1.165) is 25.9 Å². The molecule has 1 fully saturated rings. The van der Waals surface area contributed by atoms with Gasteiger partial charge in [0.15, 0.2) is 0 Å². The molecule has 0 spiro atoms. The van der Waals surface area contributed by atoms with Gasteiger partial charge in [0.2, 0.25) is 5.27 Å². The standard InChI is InChI=1S/C9H14N4O3/c1-7(14)15-8-2-4-12(5-3-8)13-6-9(10)16-11-13/h6,8H,2-5H2,1H3,(H-,10,11). The molecule has 1 saturated heterocycles. The summed E-state index contributed by atoms with van der Waals surface area (Å²) in [4.78, 5) is 12.3. The number of ether oxygens (including phenoxy) is 1. The zero-order valence-corrected chi connectivity index (χ0v) is 9.05. The third-order valence-corrected chi connectivity index (χ3v) is 2.50. The van der Waals surface area contributed by atoms with Crippen LogP contribution in [0.2, 0.25) is 0 Å². The van der Waals surface area contributed by atoms with Crippen LogP contribution in [0.15, 0.2) is 10.7 Å². The lowest BCUT2D eigenvalue weighted by atomic mass is 10.1. The van der Waals surface area contributed by atoms with Crippen molar-refractivity contribution < 1.29 is 18.8 Å². The molecule has 7 nitrogen and oxygen atoms in total. The van der Waals surface area contributed by atoms with E-state index in [1.165, 1.54) is 17.9 Å². The number of carbonyl (C=O) groups is 1. The highest BCUT2D eigenvalue weighted by Crippen LogP contribution is 2.11. The Labute approximate surface area is 92.7 Å². The maximum atomic E-state index is 10.8. The highest BCUT2D eigenvalue weighted by molar-refractivity contribution is 5.66. The molecule has 1 N–H and O–H groups in total. The number of nitrogens with zero attached hydrogens (tertiary/aromatic N) is 3.